The molecule has 2 aromatic rings. The summed E-state index contributed by atoms with van der Waals surface area (Å²) in [5, 5.41) is -1.39. The van der Waals surface area contributed by atoms with E-state index in [2.05, 4.69) is 0 Å². The maximum atomic E-state index is 13.6. The van der Waals surface area contributed by atoms with Crippen LogP contribution < -0.4 is 9.47 Å². The number of nitrogens with zero attached hydrogens (tertiary/aromatic N) is 1. The smallest absolute Gasteiger partial charge is 0.248 e. The number of rotatable bonds is 4. The second-order valence-electron chi connectivity index (χ2n) is 7.56. The van der Waals surface area contributed by atoms with E-state index in [1.165, 1.54) is 31.3 Å². The predicted molar refractivity (Wildman–Crippen MR) is 106 cm³/mol. The second-order valence-corrected chi connectivity index (χ2v) is 9.59. The summed E-state index contributed by atoms with van der Waals surface area (Å²) in [6.07, 6.45) is 0. The summed E-state index contributed by atoms with van der Waals surface area (Å²) >= 11 is 0. The van der Waals surface area contributed by atoms with E-state index in [9.17, 15) is 13.2 Å². The Labute approximate surface area is 170 Å². The highest BCUT2D eigenvalue weighted by atomic mass is 32.2. The van der Waals surface area contributed by atoms with Crippen molar-refractivity contribution in [2.75, 3.05) is 20.8 Å². The molecule has 0 bridgehead atoms. The van der Waals surface area contributed by atoms with Crippen LogP contribution in [-0.4, -0.2) is 45.8 Å². The average molecular weight is 417 g/mol. The Balaban J connectivity index is 1.99. The van der Waals surface area contributed by atoms with Crippen LogP contribution in [0.1, 0.15) is 36.3 Å². The third-order valence-electron chi connectivity index (χ3n) is 5.56. The molecule has 0 aliphatic carbocycles. The molecule has 0 radical (unpaired) electrons. The molecule has 1 amide bonds. The molecule has 2 aliphatic heterocycles. The van der Waals surface area contributed by atoms with Crippen molar-refractivity contribution in [2.24, 2.45) is 0 Å². The number of hydrogen-bond donors (Lipinski definition) is 0. The SMILES string of the molecule is COc1cc2c(cc1OC)[C@@H](S(=O)(=O)c1ccccc1)C(=O)N1[C@@H]2COC1(C)C. The van der Waals surface area contributed by atoms with Gasteiger partial charge in [0.05, 0.1) is 31.8 Å². The number of carbonyl (C=O) groups excluding carboxylic acids is 1. The monoisotopic (exact) mass is 417 g/mol. The van der Waals surface area contributed by atoms with Gasteiger partial charge in [0.25, 0.3) is 0 Å². The zero-order chi connectivity index (χ0) is 21.0. The molecule has 8 heteroatoms. The van der Waals surface area contributed by atoms with Crippen LogP contribution in [0.15, 0.2) is 47.4 Å². The first-order chi connectivity index (χ1) is 13.7. The lowest BCUT2D eigenvalue weighted by molar-refractivity contribution is -0.147. The van der Waals surface area contributed by atoms with Gasteiger partial charge >= 0.3 is 0 Å². The summed E-state index contributed by atoms with van der Waals surface area (Å²) in [6, 6.07) is 11.0. The van der Waals surface area contributed by atoms with E-state index in [0.717, 1.165) is 0 Å². The van der Waals surface area contributed by atoms with E-state index in [0.29, 0.717) is 22.6 Å². The van der Waals surface area contributed by atoms with Crippen molar-refractivity contribution < 1.29 is 27.4 Å². The van der Waals surface area contributed by atoms with Gasteiger partial charge in [-0.3, -0.25) is 4.79 Å². The molecule has 0 aromatic heterocycles. The Morgan fingerprint density at radius 3 is 2.21 bits per heavy atom. The standard InChI is InChI=1S/C21H23NO6S/c1-21(2)22-16(12-28-21)14-10-17(26-3)18(27-4)11-15(14)19(20(22)23)29(24,25)13-8-6-5-7-9-13/h5-11,16,19H,12H2,1-4H3/t16-,19-/m1/s1. The van der Waals surface area contributed by atoms with Crippen molar-refractivity contribution >= 4 is 15.7 Å². The molecule has 0 saturated carbocycles. The van der Waals surface area contributed by atoms with Crippen LogP contribution in [-0.2, 0) is 19.4 Å². The van der Waals surface area contributed by atoms with Gasteiger partial charge in [0.1, 0.15) is 5.72 Å². The quantitative estimate of drug-likeness (QED) is 0.761. The van der Waals surface area contributed by atoms with Gasteiger partial charge in [0, 0.05) is 0 Å². The van der Waals surface area contributed by atoms with E-state index in [1.807, 2.05) is 0 Å². The summed E-state index contributed by atoms with van der Waals surface area (Å²) in [4.78, 5) is 15.2. The van der Waals surface area contributed by atoms with Crippen LogP contribution in [0.25, 0.3) is 0 Å². The van der Waals surface area contributed by atoms with Crippen LogP contribution in [0, 0.1) is 0 Å². The van der Waals surface area contributed by atoms with Crippen molar-refractivity contribution in [3.05, 3.63) is 53.6 Å². The van der Waals surface area contributed by atoms with Crippen molar-refractivity contribution in [3.63, 3.8) is 0 Å². The molecule has 2 atom stereocenters. The molecule has 154 valence electrons. The van der Waals surface area contributed by atoms with Gasteiger partial charge < -0.3 is 19.1 Å². The van der Waals surface area contributed by atoms with Gasteiger partial charge in [0.2, 0.25) is 5.91 Å². The van der Waals surface area contributed by atoms with Gasteiger partial charge in [0.15, 0.2) is 26.6 Å². The summed E-state index contributed by atoms with van der Waals surface area (Å²) in [6.45, 7) is 3.81. The fourth-order valence-electron chi connectivity index (χ4n) is 4.18. The fraction of sp³-hybridized carbons (Fsp3) is 0.381. The van der Waals surface area contributed by atoms with Crippen LogP contribution in [0.5, 0.6) is 11.5 Å². The van der Waals surface area contributed by atoms with Crippen LogP contribution in [0.2, 0.25) is 0 Å². The summed E-state index contributed by atoms with van der Waals surface area (Å²) in [5.74, 6) is 0.348. The number of methoxy groups -OCH3 is 2. The Kier molecular flexibility index (Phi) is 4.59. The molecule has 0 spiro atoms. The number of fused-ring (bicyclic) bond motifs is 3. The van der Waals surface area contributed by atoms with Gasteiger partial charge in [-0.1, -0.05) is 18.2 Å². The zero-order valence-corrected chi connectivity index (χ0v) is 17.5. The first-order valence-electron chi connectivity index (χ1n) is 9.24. The van der Waals surface area contributed by atoms with Crippen molar-refractivity contribution in [1.82, 2.24) is 4.90 Å². The van der Waals surface area contributed by atoms with Gasteiger partial charge in [-0.05, 0) is 49.2 Å². The Morgan fingerprint density at radius 2 is 1.62 bits per heavy atom. The van der Waals surface area contributed by atoms with Crippen molar-refractivity contribution in [1.29, 1.82) is 0 Å². The van der Waals surface area contributed by atoms with Gasteiger partial charge in [-0.2, -0.15) is 0 Å². The lowest BCUT2D eigenvalue weighted by Crippen LogP contribution is -2.51. The summed E-state index contributed by atoms with van der Waals surface area (Å²) in [5.41, 5.74) is 0.174. The first kappa shape index (κ1) is 19.7. The van der Waals surface area contributed by atoms with Crippen LogP contribution in [0.4, 0.5) is 0 Å². The molecule has 0 unspecified atom stereocenters. The maximum absolute atomic E-state index is 13.6. The van der Waals surface area contributed by atoms with Crippen molar-refractivity contribution in [3.8, 4) is 11.5 Å². The molecule has 29 heavy (non-hydrogen) atoms. The highest BCUT2D eigenvalue weighted by Crippen LogP contribution is 2.50. The van der Waals surface area contributed by atoms with E-state index in [-0.39, 0.29) is 11.5 Å². The molecule has 0 N–H and O–H groups in total. The van der Waals surface area contributed by atoms with E-state index < -0.39 is 32.8 Å². The Bertz CT molecular complexity index is 1060. The largest absolute Gasteiger partial charge is 0.493 e. The summed E-state index contributed by atoms with van der Waals surface area (Å²) in [7, 11) is -1.01. The maximum Gasteiger partial charge on any atom is 0.248 e. The first-order valence-corrected chi connectivity index (χ1v) is 10.8. The van der Waals surface area contributed by atoms with Crippen LogP contribution in [0.3, 0.4) is 0 Å². The predicted octanol–water partition coefficient (Wildman–Crippen LogP) is 2.87. The molecule has 4 rings (SSSR count). The highest BCUT2D eigenvalue weighted by Gasteiger charge is 2.54. The minimum atomic E-state index is -4.00. The van der Waals surface area contributed by atoms with Gasteiger partial charge in [-0.15, -0.1) is 0 Å². The number of ether oxygens (including phenoxy) is 3. The lowest BCUT2D eigenvalue weighted by Gasteiger charge is -2.41. The summed E-state index contributed by atoms with van der Waals surface area (Å²) < 4.78 is 43.8. The molecule has 1 fully saturated rings. The Morgan fingerprint density at radius 1 is 1.03 bits per heavy atom. The second kappa shape index (κ2) is 6.74. The third kappa shape index (κ3) is 2.89. The third-order valence-corrected chi connectivity index (χ3v) is 7.57. The van der Waals surface area contributed by atoms with E-state index >= 15 is 0 Å². The molecule has 2 aromatic carbocycles. The van der Waals surface area contributed by atoms with Crippen molar-refractivity contribution in [2.45, 2.75) is 35.8 Å². The van der Waals surface area contributed by atoms with E-state index in [4.69, 9.17) is 14.2 Å². The molecular formula is C21H23NO6S. The molecule has 2 heterocycles. The number of hydrogen-bond acceptors (Lipinski definition) is 6. The minimum Gasteiger partial charge on any atom is -0.493 e. The van der Waals surface area contributed by atoms with E-state index in [1.54, 1.807) is 44.2 Å². The number of amides is 1. The number of sulfone groups is 1. The fourth-order valence-corrected chi connectivity index (χ4v) is 5.91. The molecular weight excluding hydrogens is 394 g/mol. The molecule has 2 aliphatic rings. The Hall–Kier alpha value is -2.58. The number of benzene rings is 2. The minimum absolute atomic E-state index is 0.0930. The highest BCUT2D eigenvalue weighted by molar-refractivity contribution is 7.92. The normalized spacial score (nSPS) is 22.8. The molecule has 1 saturated heterocycles. The zero-order valence-electron chi connectivity index (χ0n) is 16.7. The van der Waals surface area contributed by atoms with Crippen LogP contribution >= 0.6 is 0 Å². The van der Waals surface area contributed by atoms with Gasteiger partial charge in [-0.25, -0.2) is 8.42 Å². The number of carbonyl (C=O) groups is 1. The average Bonchev–Trinajstić information content (AvgIpc) is 3.03. The topological polar surface area (TPSA) is 82.1 Å². The lowest BCUT2D eigenvalue weighted by atomic mass is 9.91. The molecule has 7 nitrogen and oxygen atoms in total.